The molecular weight excluding hydrogens is 588 g/mol. The van der Waals surface area contributed by atoms with E-state index < -0.39 is 5.54 Å². The SMILES string of the molecule is CCN(CC)c1ccc2c(c1)Oc1cc(N(CC)CC)ccc1C21c2ccccc2C(=O)N1/N=C/C=N/c1ccc(NC(C)=O)cc1. The Morgan fingerprint density at radius 2 is 1.36 bits per heavy atom. The predicted molar refractivity (Wildman–Crippen MR) is 190 cm³/mol. The Labute approximate surface area is 276 Å². The molecule has 1 spiro atoms. The molecule has 6 rings (SSSR count). The van der Waals surface area contributed by atoms with E-state index in [1.54, 1.807) is 41.7 Å². The number of hydrogen-bond acceptors (Lipinski definition) is 7. The Balaban J connectivity index is 1.50. The van der Waals surface area contributed by atoms with E-state index >= 15 is 0 Å². The van der Waals surface area contributed by atoms with Crippen molar-refractivity contribution in [3.05, 3.63) is 107 Å². The molecular formula is C38H40N6O3. The summed E-state index contributed by atoms with van der Waals surface area (Å²) >= 11 is 0. The van der Waals surface area contributed by atoms with Crippen molar-refractivity contribution in [2.75, 3.05) is 41.3 Å². The van der Waals surface area contributed by atoms with Gasteiger partial charge >= 0.3 is 0 Å². The van der Waals surface area contributed by atoms with Gasteiger partial charge in [0.2, 0.25) is 5.91 Å². The maximum Gasteiger partial charge on any atom is 0.275 e. The van der Waals surface area contributed by atoms with Gasteiger partial charge in [-0.1, -0.05) is 30.3 Å². The summed E-state index contributed by atoms with van der Waals surface area (Å²) in [6.45, 7) is 13.4. The van der Waals surface area contributed by atoms with Gasteiger partial charge in [-0.05, 0) is 70.2 Å². The number of fused-ring (bicyclic) bond motifs is 6. The zero-order valence-electron chi connectivity index (χ0n) is 27.5. The van der Waals surface area contributed by atoms with E-state index in [2.05, 4.69) is 84.2 Å². The third kappa shape index (κ3) is 5.52. The third-order valence-corrected chi connectivity index (χ3v) is 8.90. The molecule has 0 atom stereocenters. The molecule has 2 amide bonds. The molecule has 0 aromatic heterocycles. The second kappa shape index (κ2) is 13.1. The molecule has 0 bridgehead atoms. The average molecular weight is 629 g/mol. The average Bonchev–Trinajstić information content (AvgIpc) is 3.32. The van der Waals surface area contributed by atoms with E-state index in [0.717, 1.165) is 54.2 Å². The van der Waals surface area contributed by atoms with Gasteiger partial charge in [0.1, 0.15) is 17.0 Å². The van der Waals surface area contributed by atoms with Gasteiger partial charge in [-0.2, -0.15) is 5.10 Å². The van der Waals surface area contributed by atoms with Crippen LogP contribution in [0.15, 0.2) is 95.0 Å². The predicted octanol–water partition coefficient (Wildman–Crippen LogP) is 7.58. The highest BCUT2D eigenvalue weighted by Gasteiger charge is 2.57. The molecule has 9 nitrogen and oxygen atoms in total. The van der Waals surface area contributed by atoms with Crippen LogP contribution in [-0.2, 0) is 10.3 Å². The molecule has 0 unspecified atom stereocenters. The molecule has 2 aliphatic heterocycles. The molecule has 9 heteroatoms. The zero-order valence-corrected chi connectivity index (χ0v) is 27.5. The van der Waals surface area contributed by atoms with Crippen LogP contribution in [0.4, 0.5) is 22.7 Å². The van der Waals surface area contributed by atoms with E-state index in [9.17, 15) is 9.59 Å². The Morgan fingerprint density at radius 3 is 1.91 bits per heavy atom. The normalized spacial score (nSPS) is 14.2. The fourth-order valence-corrected chi connectivity index (χ4v) is 6.70. The van der Waals surface area contributed by atoms with Crippen LogP contribution >= 0.6 is 0 Å². The summed E-state index contributed by atoms with van der Waals surface area (Å²) in [6, 6.07) is 27.4. The van der Waals surface area contributed by atoms with Crippen LogP contribution in [0, 0.1) is 0 Å². The number of carbonyl (C=O) groups excluding carboxylic acids is 2. The van der Waals surface area contributed by atoms with Crippen molar-refractivity contribution in [3.8, 4) is 11.5 Å². The monoisotopic (exact) mass is 628 g/mol. The van der Waals surface area contributed by atoms with Crippen LogP contribution in [0.5, 0.6) is 11.5 Å². The van der Waals surface area contributed by atoms with Crippen LogP contribution in [0.25, 0.3) is 0 Å². The summed E-state index contributed by atoms with van der Waals surface area (Å²) in [7, 11) is 0. The minimum Gasteiger partial charge on any atom is -0.456 e. The molecule has 0 fully saturated rings. The molecule has 2 heterocycles. The second-order valence-electron chi connectivity index (χ2n) is 11.5. The molecule has 47 heavy (non-hydrogen) atoms. The van der Waals surface area contributed by atoms with E-state index in [0.29, 0.717) is 28.4 Å². The van der Waals surface area contributed by atoms with E-state index in [1.807, 2.05) is 24.3 Å². The smallest absolute Gasteiger partial charge is 0.275 e. The first-order valence-electron chi connectivity index (χ1n) is 16.2. The Morgan fingerprint density at radius 1 is 0.787 bits per heavy atom. The molecule has 240 valence electrons. The summed E-state index contributed by atoms with van der Waals surface area (Å²) in [6.07, 6.45) is 3.13. The maximum absolute atomic E-state index is 14.3. The number of nitrogens with zero attached hydrogens (tertiary/aromatic N) is 5. The number of nitrogens with one attached hydrogen (secondary N) is 1. The number of anilines is 3. The second-order valence-corrected chi connectivity index (χ2v) is 11.5. The maximum atomic E-state index is 14.3. The number of carbonyl (C=O) groups is 2. The lowest BCUT2D eigenvalue weighted by molar-refractivity contribution is -0.114. The summed E-state index contributed by atoms with van der Waals surface area (Å²) in [5.74, 6) is 1.04. The molecule has 4 aromatic carbocycles. The molecule has 0 aliphatic carbocycles. The highest BCUT2D eigenvalue weighted by atomic mass is 16.5. The topological polar surface area (TPSA) is 89.8 Å². The zero-order chi connectivity index (χ0) is 33.1. The van der Waals surface area contributed by atoms with Crippen molar-refractivity contribution < 1.29 is 14.3 Å². The van der Waals surface area contributed by atoms with Gasteiger partial charge in [-0.15, -0.1) is 0 Å². The van der Waals surface area contributed by atoms with E-state index in [-0.39, 0.29) is 11.8 Å². The minimum atomic E-state index is -1.06. The first-order valence-corrected chi connectivity index (χ1v) is 16.2. The van der Waals surface area contributed by atoms with Crippen LogP contribution in [0.2, 0.25) is 0 Å². The number of hydrogen-bond donors (Lipinski definition) is 1. The molecule has 0 radical (unpaired) electrons. The Kier molecular flexibility index (Phi) is 8.80. The summed E-state index contributed by atoms with van der Waals surface area (Å²) in [5, 5.41) is 9.16. The van der Waals surface area contributed by atoms with Crippen molar-refractivity contribution in [2.24, 2.45) is 10.1 Å². The van der Waals surface area contributed by atoms with Gasteiger partial charge < -0.3 is 19.9 Å². The fourth-order valence-electron chi connectivity index (χ4n) is 6.70. The molecule has 1 N–H and O–H groups in total. The van der Waals surface area contributed by atoms with Gasteiger partial charge in [0.25, 0.3) is 5.91 Å². The largest absolute Gasteiger partial charge is 0.456 e. The molecule has 2 aliphatic rings. The van der Waals surface area contributed by atoms with E-state index in [1.165, 1.54) is 6.92 Å². The van der Waals surface area contributed by atoms with Gasteiger partial charge in [0.15, 0.2) is 0 Å². The summed E-state index contributed by atoms with van der Waals surface area (Å²) in [5.41, 5.74) is 5.55. The lowest BCUT2D eigenvalue weighted by Gasteiger charge is -2.42. The van der Waals surface area contributed by atoms with Crippen LogP contribution in [-0.4, -0.2) is 55.4 Å². The quantitative estimate of drug-likeness (QED) is 0.183. The first-order chi connectivity index (χ1) is 22.8. The first kappa shape index (κ1) is 31.5. The Bertz CT molecular complexity index is 1800. The molecule has 0 saturated heterocycles. The number of aliphatic imine (C=N–C) groups is 1. The standard InChI is InChI=1S/C38H40N6O3/c1-6-42(7-2)29-18-20-33-35(24-29)47-36-25-30(43(8-3)9-4)19-21-34(36)38(33)32-13-11-10-12-31(32)37(46)44(38)40-23-22-39-27-14-16-28(17-15-27)41-26(5)45/h10-25H,6-9H2,1-5H3,(H,41,45)/b39-22+,40-23+. The van der Waals surface area contributed by atoms with Gasteiger partial charge in [0, 0.05) is 90.8 Å². The number of amides is 2. The fraction of sp³-hybridized carbons (Fsp3) is 0.263. The van der Waals surface area contributed by atoms with Crippen LogP contribution < -0.4 is 19.9 Å². The van der Waals surface area contributed by atoms with Gasteiger partial charge in [-0.25, -0.2) is 5.01 Å². The van der Waals surface area contributed by atoms with E-state index in [4.69, 9.17) is 9.84 Å². The van der Waals surface area contributed by atoms with Crippen LogP contribution in [0.3, 0.4) is 0 Å². The number of hydrazone groups is 1. The minimum absolute atomic E-state index is 0.136. The highest BCUT2D eigenvalue weighted by molar-refractivity contribution is 6.17. The highest BCUT2D eigenvalue weighted by Crippen LogP contribution is 2.58. The summed E-state index contributed by atoms with van der Waals surface area (Å²) in [4.78, 5) is 34.7. The number of benzene rings is 4. The van der Waals surface area contributed by atoms with Crippen molar-refractivity contribution in [1.29, 1.82) is 0 Å². The molecule has 0 saturated carbocycles. The number of ether oxygens (including phenoxy) is 1. The van der Waals surface area contributed by atoms with Crippen molar-refractivity contribution in [1.82, 2.24) is 5.01 Å². The van der Waals surface area contributed by atoms with Crippen LogP contribution in [0.1, 0.15) is 61.7 Å². The van der Waals surface area contributed by atoms with Gasteiger partial charge in [-0.3, -0.25) is 14.6 Å². The van der Waals surface area contributed by atoms with Crippen molar-refractivity contribution in [2.45, 2.75) is 40.2 Å². The van der Waals surface area contributed by atoms with Crippen molar-refractivity contribution in [3.63, 3.8) is 0 Å². The lowest BCUT2D eigenvalue weighted by Crippen LogP contribution is -2.44. The third-order valence-electron chi connectivity index (χ3n) is 8.90. The molecule has 4 aromatic rings. The van der Waals surface area contributed by atoms with Gasteiger partial charge in [0.05, 0.1) is 11.9 Å². The number of rotatable bonds is 10. The summed E-state index contributed by atoms with van der Waals surface area (Å²) < 4.78 is 6.74. The lowest BCUT2D eigenvalue weighted by atomic mass is 9.75. The Hall–Kier alpha value is -5.44. The van der Waals surface area contributed by atoms with Crippen molar-refractivity contribution >= 4 is 47.0 Å².